The molecule has 2 fully saturated rings. The highest BCUT2D eigenvalue weighted by Gasteiger charge is 2.43. The topological polar surface area (TPSA) is 82.9 Å². The summed E-state index contributed by atoms with van der Waals surface area (Å²) in [6.45, 7) is 1.59. The van der Waals surface area contributed by atoms with Crippen LogP contribution in [-0.2, 0) is 14.9 Å². The third-order valence-electron chi connectivity index (χ3n) is 5.71. The van der Waals surface area contributed by atoms with Crippen molar-refractivity contribution >= 4 is 10.2 Å². The standard InChI is InChI=1S/C22H24FN3O4S/c23-22-7-2-1-6-21(22)18-13-19(16-30-20-5-3-4-17(12-20)14-24)26(15-18)31(27,28)25-8-10-29-11-9-25/h1-7,12,18-19H,8-11,13,15-16H2/t18-,19-/m1/s1. The van der Waals surface area contributed by atoms with Crippen LogP contribution in [0.25, 0.3) is 0 Å². The fourth-order valence-electron chi connectivity index (χ4n) is 4.13. The van der Waals surface area contributed by atoms with Gasteiger partial charge in [-0.3, -0.25) is 0 Å². The van der Waals surface area contributed by atoms with Gasteiger partial charge in [0.05, 0.1) is 30.9 Å². The van der Waals surface area contributed by atoms with Gasteiger partial charge < -0.3 is 9.47 Å². The van der Waals surface area contributed by atoms with E-state index in [1.54, 1.807) is 42.5 Å². The maximum absolute atomic E-state index is 14.4. The maximum atomic E-state index is 14.4. The molecule has 0 aliphatic carbocycles. The van der Waals surface area contributed by atoms with E-state index in [0.29, 0.717) is 49.6 Å². The van der Waals surface area contributed by atoms with Crippen LogP contribution in [0.3, 0.4) is 0 Å². The maximum Gasteiger partial charge on any atom is 0.282 e. The summed E-state index contributed by atoms with van der Waals surface area (Å²) in [5, 5.41) is 9.08. The summed E-state index contributed by atoms with van der Waals surface area (Å²) in [6, 6.07) is 14.8. The quantitative estimate of drug-likeness (QED) is 0.682. The second-order valence-corrected chi connectivity index (χ2v) is 9.53. The minimum atomic E-state index is -3.75. The third kappa shape index (κ3) is 4.72. The highest BCUT2D eigenvalue weighted by atomic mass is 32.2. The third-order valence-corrected chi connectivity index (χ3v) is 7.77. The molecule has 2 aliphatic heterocycles. The molecule has 0 saturated carbocycles. The van der Waals surface area contributed by atoms with Gasteiger partial charge in [-0.1, -0.05) is 24.3 Å². The van der Waals surface area contributed by atoms with Gasteiger partial charge in [-0.2, -0.15) is 22.3 Å². The Bertz CT molecular complexity index is 1070. The molecule has 2 aromatic rings. The van der Waals surface area contributed by atoms with Crippen LogP contribution in [0.5, 0.6) is 5.75 Å². The van der Waals surface area contributed by atoms with Gasteiger partial charge in [-0.25, -0.2) is 4.39 Å². The van der Waals surface area contributed by atoms with Gasteiger partial charge in [0.15, 0.2) is 0 Å². The summed E-state index contributed by atoms with van der Waals surface area (Å²) < 4.78 is 55.2. The zero-order valence-corrected chi connectivity index (χ0v) is 17.8. The molecule has 0 N–H and O–H groups in total. The van der Waals surface area contributed by atoms with Crippen LogP contribution in [0.4, 0.5) is 4.39 Å². The molecular formula is C22H24FN3O4S. The summed E-state index contributed by atoms with van der Waals surface area (Å²) in [4.78, 5) is 0. The van der Waals surface area contributed by atoms with Crippen LogP contribution in [0.1, 0.15) is 23.5 Å². The summed E-state index contributed by atoms with van der Waals surface area (Å²) in [6.07, 6.45) is 0.447. The van der Waals surface area contributed by atoms with Crippen molar-refractivity contribution in [1.29, 1.82) is 5.26 Å². The number of morpholine rings is 1. The lowest BCUT2D eigenvalue weighted by Crippen LogP contribution is -2.51. The number of nitriles is 1. The van der Waals surface area contributed by atoms with Crippen LogP contribution in [-0.4, -0.2) is 62.5 Å². The predicted molar refractivity (Wildman–Crippen MR) is 112 cm³/mol. The molecule has 0 amide bonds. The molecule has 2 aromatic carbocycles. The molecule has 0 aromatic heterocycles. The fourth-order valence-corrected chi connectivity index (χ4v) is 5.92. The van der Waals surface area contributed by atoms with E-state index in [9.17, 15) is 12.8 Å². The van der Waals surface area contributed by atoms with E-state index in [0.717, 1.165) is 0 Å². The first-order chi connectivity index (χ1) is 15.0. The Balaban J connectivity index is 1.57. The number of halogens is 1. The van der Waals surface area contributed by atoms with Crippen LogP contribution in [0.2, 0.25) is 0 Å². The van der Waals surface area contributed by atoms with E-state index in [-0.39, 0.29) is 24.9 Å². The molecule has 0 radical (unpaired) electrons. The molecule has 4 rings (SSSR count). The van der Waals surface area contributed by atoms with Crippen LogP contribution >= 0.6 is 0 Å². The van der Waals surface area contributed by atoms with Gasteiger partial charge in [0, 0.05) is 25.6 Å². The number of hydrogen-bond donors (Lipinski definition) is 0. The predicted octanol–water partition coefficient (Wildman–Crippen LogP) is 2.51. The fraction of sp³-hybridized carbons (Fsp3) is 0.409. The van der Waals surface area contributed by atoms with Crippen molar-refractivity contribution in [2.24, 2.45) is 0 Å². The highest BCUT2D eigenvalue weighted by molar-refractivity contribution is 7.86. The molecule has 0 bridgehead atoms. The van der Waals surface area contributed by atoms with Crippen molar-refractivity contribution in [1.82, 2.24) is 8.61 Å². The number of ether oxygens (including phenoxy) is 2. The molecule has 2 aliphatic rings. The zero-order chi connectivity index (χ0) is 21.8. The average Bonchev–Trinajstić information content (AvgIpc) is 3.23. The lowest BCUT2D eigenvalue weighted by Gasteiger charge is -2.32. The van der Waals surface area contributed by atoms with Crippen molar-refractivity contribution in [2.75, 3.05) is 39.5 Å². The first-order valence-corrected chi connectivity index (χ1v) is 11.6. The minimum Gasteiger partial charge on any atom is -0.492 e. The van der Waals surface area contributed by atoms with Gasteiger partial charge in [-0.05, 0) is 36.2 Å². The van der Waals surface area contributed by atoms with E-state index in [1.165, 1.54) is 14.7 Å². The van der Waals surface area contributed by atoms with Crippen molar-refractivity contribution in [3.63, 3.8) is 0 Å². The van der Waals surface area contributed by atoms with E-state index in [4.69, 9.17) is 14.7 Å². The Morgan fingerprint density at radius 2 is 1.94 bits per heavy atom. The Hall–Kier alpha value is -2.51. The molecule has 7 nitrogen and oxygen atoms in total. The summed E-state index contributed by atoms with van der Waals surface area (Å²) in [7, 11) is -3.75. The van der Waals surface area contributed by atoms with E-state index < -0.39 is 16.3 Å². The number of hydrogen-bond acceptors (Lipinski definition) is 5. The average molecular weight is 446 g/mol. The normalized spacial score (nSPS) is 22.8. The highest BCUT2D eigenvalue weighted by Crippen LogP contribution is 2.36. The molecule has 164 valence electrons. The SMILES string of the molecule is N#Cc1cccc(OC[C@H]2C[C@@H](c3ccccc3F)CN2S(=O)(=O)N2CCOCC2)c1. The lowest BCUT2D eigenvalue weighted by molar-refractivity contribution is 0.0693. The summed E-state index contributed by atoms with van der Waals surface area (Å²) in [5.74, 6) is -0.104. The lowest BCUT2D eigenvalue weighted by atomic mass is 9.96. The van der Waals surface area contributed by atoms with E-state index in [1.807, 2.05) is 0 Å². The van der Waals surface area contributed by atoms with Gasteiger partial charge >= 0.3 is 0 Å². The molecule has 2 atom stereocenters. The molecule has 0 spiro atoms. The minimum absolute atomic E-state index is 0.114. The van der Waals surface area contributed by atoms with Crippen LogP contribution in [0, 0.1) is 17.1 Å². The van der Waals surface area contributed by atoms with Gasteiger partial charge in [0.25, 0.3) is 10.2 Å². The van der Waals surface area contributed by atoms with Crippen molar-refractivity contribution in [3.8, 4) is 11.8 Å². The Morgan fingerprint density at radius 3 is 2.68 bits per heavy atom. The molecule has 31 heavy (non-hydrogen) atoms. The van der Waals surface area contributed by atoms with Crippen molar-refractivity contribution < 1.29 is 22.3 Å². The number of rotatable bonds is 6. The molecule has 2 saturated heterocycles. The smallest absolute Gasteiger partial charge is 0.282 e. The molecular weight excluding hydrogens is 421 g/mol. The van der Waals surface area contributed by atoms with Gasteiger partial charge in [0.1, 0.15) is 18.2 Å². The largest absolute Gasteiger partial charge is 0.492 e. The first-order valence-electron chi connectivity index (χ1n) is 10.2. The second kappa shape index (κ2) is 9.32. The van der Waals surface area contributed by atoms with Gasteiger partial charge in [0.2, 0.25) is 0 Å². The number of benzene rings is 2. The van der Waals surface area contributed by atoms with Gasteiger partial charge in [-0.15, -0.1) is 0 Å². The van der Waals surface area contributed by atoms with Crippen molar-refractivity contribution in [3.05, 3.63) is 65.5 Å². The molecule has 2 heterocycles. The second-order valence-electron chi connectivity index (χ2n) is 7.65. The first kappa shape index (κ1) is 21.7. The summed E-state index contributed by atoms with van der Waals surface area (Å²) in [5.41, 5.74) is 0.976. The molecule has 9 heteroatoms. The zero-order valence-electron chi connectivity index (χ0n) is 17.0. The number of nitrogens with zero attached hydrogens (tertiary/aromatic N) is 3. The Labute approximate surface area is 181 Å². The monoisotopic (exact) mass is 445 g/mol. The Morgan fingerprint density at radius 1 is 1.16 bits per heavy atom. The van der Waals surface area contributed by atoms with E-state index in [2.05, 4.69) is 6.07 Å². The van der Waals surface area contributed by atoms with Crippen LogP contribution < -0.4 is 4.74 Å². The molecule has 0 unspecified atom stereocenters. The summed E-state index contributed by atoms with van der Waals surface area (Å²) >= 11 is 0. The van der Waals surface area contributed by atoms with E-state index >= 15 is 0 Å². The Kier molecular flexibility index (Phi) is 6.53. The van der Waals surface area contributed by atoms with Crippen LogP contribution in [0.15, 0.2) is 48.5 Å². The van der Waals surface area contributed by atoms with Crippen molar-refractivity contribution in [2.45, 2.75) is 18.4 Å².